The zero-order valence-electron chi connectivity index (χ0n) is 18.5. The van der Waals surface area contributed by atoms with E-state index in [1.54, 1.807) is 30.3 Å². The summed E-state index contributed by atoms with van der Waals surface area (Å²) in [6.45, 7) is 0.194. The molecule has 4 rings (SSSR count). The van der Waals surface area contributed by atoms with Gasteiger partial charge in [0, 0.05) is 9.50 Å². The van der Waals surface area contributed by atoms with Crippen LogP contribution < -0.4 is 19.7 Å². The Balaban J connectivity index is 1.63. The molecule has 1 aliphatic rings. The van der Waals surface area contributed by atoms with Gasteiger partial charge in [-0.05, 0) is 65.7 Å². The summed E-state index contributed by atoms with van der Waals surface area (Å²) in [5.41, 5.74) is 1.28. The molecule has 1 saturated heterocycles. The number of hydrogen-bond acceptors (Lipinski definition) is 5. The lowest BCUT2D eigenvalue weighted by Gasteiger charge is -2.26. The highest BCUT2D eigenvalue weighted by atomic mass is 79.9. The lowest BCUT2D eigenvalue weighted by atomic mass is 10.1. The number of carbonyl (C=O) groups excluding carboxylic acids is 3. The average Bonchev–Trinajstić information content (AvgIpc) is 2.84. The number of urea groups is 1. The molecule has 3 aromatic rings. The molecule has 0 saturated carbocycles. The molecular formula is C25H16BrCl3N2O5. The molecular weight excluding hydrogens is 595 g/mol. The van der Waals surface area contributed by atoms with E-state index in [0.717, 1.165) is 10.5 Å². The van der Waals surface area contributed by atoms with E-state index in [1.807, 2.05) is 0 Å². The number of carbonyl (C=O) groups is 3. The molecule has 4 amide bonds. The molecule has 1 aliphatic heterocycles. The summed E-state index contributed by atoms with van der Waals surface area (Å²) in [4.78, 5) is 38.9. The van der Waals surface area contributed by atoms with Crippen LogP contribution in [0.5, 0.6) is 11.5 Å². The summed E-state index contributed by atoms with van der Waals surface area (Å²) in [5.74, 6) is -0.827. The van der Waals surface area contributed by atoms with Crippen LogP contribution in [-0.2, 0) is 16.2 Å². The highest BCUT2D eigenvalue weighted by molar-refractivity contribution is 9.10. The number of rotatable bonds is 6. The molecule has 36 heavy (non-hydrogen) atoms. The predicted octanol–water partition coefficient (Wildman–Crippen LogP) is 6.66. The Kier molecular flexibility index (Phi) is 7.90. The van der Waals surface area contributed by atoms with Crippen molar-refractivity contribution in [2.45, 2.75) is 6.61 Å². The van der Waals surface area contributed by atoms with E-state index in [0.29, 0.717) is 36.6 Å². The maximum atomic E-state index is 13.1. The summed E-state index contributed by atoms with van der Waals surface area (Å²) in [6.07, 6.45) is 1.36. The maximum Gasteiger partial charge on any atom is 0.335 e. The molecule has 0 radical (unpaired) electrons. The van der Waals surface area contributed by atoms with Crippen molar-refractivity contribution in [2.24, 2.45) is 0 Å². The smallest absolute Gasteiger partial charge is 0.335 e. The lowest BCUT2D eigenvalue weighted by molar-refractivity contribution is -0.122. The van der Waals surface area contributed by atoms with Gasteiger partial charge in [-0.3, -0.25) is 14.9 Å². The van der Waals surface area contributed by atoms with Gasteiger partial charge in [-0.1, -0.05) is 56.8 Å². The van der Waals surface area contributed by atoms with Gasteiger partial charge >= 0.3 is 6.03 Å². The molecule has 0 atom stereocenters. The standard InChI is InChI=1S/C25H16BrCl3N2O5/c1-35-21-10-14(18(26)11-22(21)36-12-13-2-7-19(28)20(29)8-13)9-17-23(32)30-25(34)31(24(17)33)16-5-3-15(27)4-6-16/h2-11H,12H2,1H3,(H,30,32,34)/b17-9+. The van der Waals surface area contributed by atoms with Crippen LogP contribution in [0.15, 0.2) is 64.6 Å². The van der Waals surface area contributed by atoms with Crippen LogP contribution in [0.2, 0.25) is 15.1 Å². The summed E-state index contributed by atoms with van der Waals surface area (Å²) in [5, 5.41) is 3.47. The molecule has 1 heterocycles. The van der Waals surface area contributed by atoms with Gasteiger partial charge in [0.1, 0.15) is 12.2 Å². The lowest BCUT2D eigenvalue weighted by Crippen LogP contribution is -2.54. The number of imide groups is 2. The Bertz CT molecular complexity index is 1410. The number of amides is 4. The quantitative estimate of drug-likeness (QED) is 0.249. The van der Waals surface area contributed by atoms with E-state index in [9.17, 15) is 14.4 Å². The number of anilines is 1. The number of nitrogens with zero attached hydrogens (tertiary/aromatic N) is 1. The summed E-state index contributed by atoms with van der Waals surface area (Å²) >= 11 is 21.4. The molecule has 0 aromatic heterocycles. The molecule has 3 aromatic carbocycles. The van der Waals surface area contributed by atoms with Crippen LogP contribution in [0.4, 0.5) is 10.5 Å². The highest BCUT2D eigenvalue weighted by Gasteiger charge is 2.37. The number of barbiturate groups is 1. The fourth-order valence-corrected chi connectivity index (χ4v) is 4.25. The fourth-order valence-electron chi connectivity index (χ4n) is 3.36. The van der Waals surface area contributed by atoms with Crippen molar-refractivity contribution in [2.75, 3.05) is 12.0 Å². The fraction of sp³-hybridized carbons (Fsp3) is 0.0800. The Morgan fingerprint density at radius 1 is 0.944 bits per heavy atom. The largest absolute Gasteiger partial charge is 0.493 e. The molecule has 0 bridgehead atoms. The van der Waals surface area contributed by atoms with Gasteiger partial charge in [0.05, 0.1) is 22.8 Å². The minimum atomic E-state index is -0.854. The molecule has 7 nitrogen and oxygen atoms in total. The van der Waals surface area contributed by atoms with Crippen LogP contribution >= 0.6 is 50.7 Å². The molecule has 1 N–H and O–H groups in total. The first-order valence-electron chi connectivity index (χ1n) is 10.3. The SMILES string of the molecule is COc1cc(/C=C2\C(=O)NC(=O)N(c3ccc(Cl)cc3)C2=O)c(Br)cc1OCc1ccc(Cl)c(Cl)c1. The molecule has 11 heteroatoms. The van der Waals surface area contributed by atoms with Crippen molar-refractivity contribution in [3.63, 3.8) is 0 Å². The van der Waals surface area contributed by atoms with Gasteiger partial charge in [0.15, 0.2) is 11.5 Å². The van der Waals surface area contributed by atoms with Crippen molar-refractivity contribution in [3.8, 4) is 11.5 Å². The Labute approximate surface area is 229 Å². The summed E-state index contributed by atoms with van der Waals surface area (Å²) in [7, 11) is 1.46. The normalized spacial score (nSPS) is 14.8. The van der Waals surface area contributed by atoms with E-state index >= 15 is 0 Å². The van der Waals surface area contributed by atoms with Gasteiger partial charge < -0.3 is 9.47 Å². The number of benzene rings is 3. The van der Waals surface area contributed by atoms with Crippen LogP contribution in [0.3, 0.4) is 0 Å². The predicted molar refractivity (Wildman–Crippen MR) is 142 cm³/mol. The Morgan fingerprint density at radius 2 is 1.67 bits per heavy atom. The minimum absolute atomic E-state index is 0.194. The third-order valence-electron chi connectivity index (χ3n) is 5.15. The summed E-state index contributed by atoms with van der Waals surface area (Å²) < 4.78 is 11.9. The van der Waals surface area contributed by atoms with Crippen molar-refractivity contribution in [1.29, 1.82) is 0 Å². The molecule has 0 spiro atoms. The number of methoxy groups -OCH3 is 1. The first-order chi connectivity index (χ1) is 17.2. The van der Waals surface area contributed by atoms with Crippen LogP contribution in [0.25, 0.3) is 6.08 Å². The number of ether oxygens (including phenoxy) is 2. The van der Waals surface area contributed by atoms with Gasteiger partial charge in [0.2, 0.25) is 0 Å². The van der Waals surface area contributed by atoms with Gasteiger partial charge in [-0.15, -0.1) is 0 Å². The molecule has 1 fully saturated rings. The van der Waals surface area contributed by atoms with Gasteiger partial charge in [-0.2, -0.15) is 0 Å². The monoisotopic (exact) mass is 608 g/mol. The second-order valence-electron chi connectivity index (χ2n) is 7.50. The Hall–Kier alpha value is -3.04. The van der Waals surface area contributed by atoms with E-state index in [1.165, 1.54) is 37.5 Å². The van der Waals surface area contributed by atoms with Crippen LogP contribution in [0.1, 0.15) is 11.1 Å². The molecule has 0 unspecified atom stereocenters. The van der Waals surface area contributed by atoms with E-state index in [2.05, 4.69) is 21.2 Å². The van der Waals surface area contributed by atoms with Gasteiger partial charge in [0.25, 0.3) is 11.8 Å². The zero-order chi connectivity index (χ0) is 26.0. The van der Waals surface area contributed by atoms with Crippen LogP contribution in [0, 0.1) is 0 Å². The van der Waals surface area contributed by atoms with E-state index in [-0.39, 0.29) is 17.9 Å². The first-order valence-corrected chi connectivity index (χ1v) is 12.2. The summed E-state index contributed by atoms with van der Waals surface area (Å²) in [6, 6.07) is 13.6. The number of halogens is 4. The topological polar surface area (TPSA) is 84.9 Å². The number of hydrogen-bond donors (Lipinski definition) is 1. The van der Waals surface area contributed by atoms with Crippen molar-refractivity contribution >= 4 is 80.3 Å². The average molecular weight is 611 g/mol. The van der Waals surface area contributed by atoms with Crippen molar-refractivity contribution in [1.82, 2.24) is 5.32 Å². The highest BCUT2D eigenvalue weighted by Crippen LogP contribution is 2.36. The zero-order valence-corrected chi connectivity index (χ0v) is 22.3. The van der Waals surface area contributed by atoms with Gasteiger partial charge in [-0.25, -0.2) is 9.69 Å². The van der Waals surface area contributed by atoms with Crippen molar-refractivity contribution in [3.05, 3.63) is 90.8 Å². The Morgan fingerprint density at radius 3 is 2.33 bits per heavy atom. The molecule has 184 valence electrons. The van der Waals surface area contributed by atoms with E-state index < -0.39 is 17.8 Å². The number of nitrogens with one attached hydrogen (secondary N) is 1. The minimum Gasteiger partial charge on any atom is -0.493 e. The third-order valence-corrected chi connectivity index (χ3v) is 6.83. The van der Waals surface area contributed by atoms with E-state index in [4.69, 9.17) is 44.3 Å². The third kappa shape index (κ3) is 5.52. The van der Waals surface area contributed by atoms with Crippen LogP contribution in [-0.4, -0.2) is 25.0 Å². The second kappa shape index (κ2) is 10.9. The van der Waals surface area contributed by atoms with Crippen molar-refractivity contribution < 1.29 is 23.9 Å². The maximum absolute atomic E-state index is 13.1. The first kappa shape index (κ1) is 26.0. The second-order valence-corrected chi connectivity index (χ2v) is 9.60. The molecule has 0 aliphatic carbocycles.